The number of carbonyl (C=O) groups is 2. The van der Waals surface area contributed by atoms with Crippen LogP contribution >= 0.6 is 0 Å². The lowest BCUT2D eigenvalue weighted by molar-refractivity contribution is -0.143. The zero-order valence-corrected chi connectivity index (χ0v) is 9.88. The number of carbonyl (C=O) groups excluding carboxylic acids is 2. The van der Waals surface area contributed by atoms with Gasteiger partial charge in [0.15, 0.2) is 0 Å². The summed E-state index contributed by atoms with van der Waals surface area (Å²) in [6, 6.07) is 0. The van der Waals surface area contributed by atoms with Crippen LogP contribution in [-0.2, 0) is 14.3 Å². The molecule has 0 unspecified atom stereocenters. The first kappa shape index (κ1) is 14.1. The molecule has 1 fully saturated rings. The summed E-state index contributed by atoms with van der Waals surface area (Å²) in [7, 11) is 0. The van der Waals surface area contributed by atoms with Crippen molar-refractivity contribution in [1.82, 2.24) is 0 Å². The van der Waals surface area contributed by atoms with Gasteiger partial charge in [0.1, 0.15) is 5.78 Å². The smallest absolute Gasteiger partial charge is 0.305 e. The van der Waals surface area contributed by atoms with E-state index in [0.717, 1.165) is 32.1 Å². The number of ether oxygens (including phenoxy) is 1. The van der Waals surface area contributed by atoms with Crippen molar-refractivity contribution in [1.29, 1.82) is 0 Å². The van der Waals surface area contributed by atoms with Gasteiger partial charge in [-0.25, -0.2) is 0 Å². The fourth-order valence-corrected chi connectivity index (χ4v) is 1.26. The van der Waals surface area contributed by atoms with Crippen molar-refractivity contribution < 1.29 is 14.3 Å². The van der Waals surface area contributed by atoms with Gasteiger partial charge in [0.25, 0.3) is 0 Å². The molecule has 0 radical (unpaired) electrons. The van der Waals surface area contributed by atoms with Crippen LogP contribution in [0, 0.1) is 0 Å². The molecule has 0 N–H and O–H groups in total. The van der Waals surface area contributed by atoms with Gasteiger partial charge in [0, 0.05) is 19.3 Å². The van der Waals surface area contributed by atoms with Crippen LogP contribution in [0.1, 0.15) is 58.8 Å². The molecule has 0 aromatic carbocycles. The van der Waals surface area contributed by atoms with Crippen molar-refractivity contribution in [3.63, 3.8) is 0 Å². The number of esters is 1. The number of rotatable bonds is 3. The fraction of sp³-hybridized carbons (Fsp3) is 0.833. The summed E-state index contributed by atoms with van der Waals surface area (Å²) in [6.07, 6.45) is 6.63. The van der Waals surface area contributed by atoms with E-state index in [1.165, 1.54) is 6.42 Å². The van der Waals surface area contributed by atoms with Crippen LogP contribution in [-0.4, -0.2) is 18.4 Å². The molecule has 0 amide bonds. The Morgan fingerprint density at radius 3 is 2.13 bits per heavy atom. The molecule has 0 heterocycles. The molecule has 15 heavy (non-hydrogen) atoms. The molecule has 1 aliphatic rings. The van der Waals surface area contributed by atoms with Gasteiger partial charge in [-0.3, -0.25) is 9.59 Å². The van der Waals surface area contributed by atoms with Crippen molar-refractivity contribution in [2.45, 2.75) is 58.8 Å². The third kappa shape index (κ3) is 9.44. The van der Waals surface area contributed by atoms with Crippen LogP contribution < -0.4 is 0 Å². The lowest BCUT2D eigenvalue weighted by atomic mass is 10.00. The maximum absolute atomic E-state index is 10.5. The predicted molar refractivity (Wildman–Crippen MR) is 59.6 cm³/mol. The van der Waals surface area contributed by atoms with Gasteiger partial charge < -0.3 is 4.74 Å². The molecular formula is C12H22O3. The van der Waals surface area contributed by atoms with Gasteiger partial charge in [-0.15, -0.1) is 0 Å². The Balaban J connectivity index is 0.000000262. The second-order valence-corrected chi connectivity index (χ2v) is 3.67. The van der Waals surface area contributed by atoms with E-state index in [4.69, 9.17) is 4.74 Å². The van der Waals surface area contributed by atoms with E-state index >= 15 is 0 Å². The summed E-state index contributed by atoms with van der Waals surface area (Å²) in [5, 5.41) is 0. The second kappa shape index (κ2) is 9.69. The van der Waals surface area contributed by atoms with Crippen LogP contribution in [0.5, 0.6) is 0 Å². The SMILES string of the molecule is CCCOC(=O)CC.O=C1CCCCC1. The first-order valence-corrected chi connectivity index (χ1v) is 5.88. The van der Waals surface area contributed by atoms with Crippen LogP contribution in [0.3, 0.4) is 0 Å². The zero-order valence-electron chi connectivity index (χ0n) is 9.88. The lowest BCUT2D eigenvalue weighted by Crippen LogP contribution is -2.02. The van der Waals surface area contributed by atoms with Gasteiger partial charge >= 0.3 is 5.97 Å². The quantitative estimate of drug-likeness (QED) is 0.678. The van der Waals surface area contributed by atoms with E-state index in [2.05, 4.69) is 0 Å². The Bertz CT molecular complexity index is 179. The number of hydrogen-bond acceptors (Lipinski definition) is 3. The Labute approximate surface area is 92.2 Å². The molecule has 0 spiro atoms. The molecule has 88 valence electrons. The number of hydrogen-bond donors (Lipinski definition) is 0. The van der Waals surface area contributed by atoms with E-state index < -0.39 is 0 Å². The summed E-state index contributed by atoms with van der Waals surface area (Å²) in [4.78, 5) is 20.8. The second-order valence-electron chi connectivity index (χ2n) is 3.67. The van der Waals surface area contributed by atoms with Gasteiger partial charge in [0.05, 0.1) is 6.61 Å². The normalized spacial score (nSPS) is 15.2. The third-order valence-electron chi connectivity index (χ3n) is 2.17. The minimum absolute atomic E-state index is 0.105. The first-order chi connectivity index (χ1) is 7.20. The average Bonchev–Trinajstić information content (AvgIpc) is 2.28. The van der Waals surface area contributed by atoms with Crippen LogP contribution in [0.2, 0.25) is 0 Å². The Hall–Kier alpha value is -0.860. The Morgan fingerprint density at radius 1 is 1.20 bits per heavy atom. The van der Waals surface area contributed by atoms with Gasteiger partial charge in [-0.2, -0.15) is 0 Å². The van der Waals surface area contributed by atoms with Crippen molar-refractivity contribution in [3.05, 3.63) is 0 Å². The number of Topliss-reactive ketones (excluding diaryl/α,β-unsaturated/α-hetero) is 1. The predicted octanol–water partition coefficient (Wildman–Crippen LogP) is 2.87. The first-order valence-electron chi connectivity index (χ1n) is 5.88. The standard InChI is InChI=1S/C6H12O2.C6H10O/c1-3-5-8-6(7)4-2;7-6-4-2-1-3-5-6/h3-5H2,1-2H3;1-5H2. The molecular weight excluding hydrogens is 192 g/mol. The average molecular weight is 214 g/mol. The van der Waals surface area contributed by atoms with E-state index in [0.29, 0.717) is 18.8 Å². The van der Waals surface area contributed by atoms with Crippen molar-refractivity contribution >= 4 is 11.8 Å². The summed E-state index contributed by atoms with van der Waals surface area (Å²) < 4.78 is 4.70. The van der Waals surface area contributed by atoms with Crippen molar-refractivity contribution in [2.24, 2.45) is 0 Å². The number of ketones is 1. The molecule has 0 atom stereocenters. The van der Waals surface area contributed by atoms with Crippen LogP contribution in [0.4, 0.5) is 0 Å². The summed E-state index contributed by atoms with van der Waals surface area (Å²) >= 11 is 0. The largest absolute Gasteiger partial charge is 0.466 e. The lowest BCUT2D eigenvalue weighted by Gasteiger charge is -2.05. The maximum Gasteiger partial charge on any atom is 0.305 e. The molecule has 0 aromatic rings. The zero-order chi connectivity index (χ0) is 11.5. The minimum atomic E-state index is -0.105. The minimum Gasteiger partial charge on any atom is -0.466 e. The highest BCUT2D eigenvalue weighted by Gasteiger charge is 2.05. The van der Waals surface area contributed by atoms with Gasteiger partial charge in [0.2, 0.25) is 0 Å². The molecule has 1 aliphatic carbocycles. The molecule has 0 bridgehead atoms. The van der Waals surface area contributed by atoms with E-state index in [9.17, 15) is 9.59 Å². The van der Waals surface area contributed by atoms with E-state index in [-0.39, 0.29) is 5.97 Å². The molecule has 0 aliphatic heterocycles. The summed E-state index contributed by atoms with van der Waals surface area (Å²) in [5.74, 6) is 0.359. The molecule has 0 aromatic heterocycles. The van der Waals surface area contributed by atoms with E-state index in [1.807, 2.05) is 6.92 Å². The Morgan fingerprint density at radius 2 is 1.80 bits per heavy atom. The highest BCUT2D eigenvalue weighted by molar-refractivity contribution is 5.78. The molecule has 3 heteroatoms. The molecule has 1 rings (SSSR count). The van der Waals surface area contributed by atoms with Crippen molar-refractivity contribution in [2.75, 3.05) is 6.61 Å². The molecule has 1 saturated carbocycles. The highest BCUT2D eigenvalue weighted by Crippen LogP contribution is 2.12. The Kier molecular flexibility index (Phi) is 9.13. The summed E-state index contributed by atoms with van der Waals surface area (Å²) in [6.45, 7) is 4.33. The molecule has 3 nitrogen and oxygen atoms in total. The fourth-order valence-electron chi connectivity index (χ4n) is 1.26. The van der Waals surface area contributed by atoms with Crippen LogP contribution in [0.15, 0.2) is 0 Å². The van der Waals surface area contributed by atoms with Crippen molar-refractivity contribution in [3.8, 4) is 0 Å². The van der Waals surface area contributed by atoms with E-state index in [1.54, 1.807) is 6.92 Å². The monoisotopic (exact) mass is 214 g/mol. The highest BCUT2D eigenvalue weighted by atomic mass is 16.5. The maximum atomic E-state index is 10.5. The summed E-state index contributed by atoms with van der Waals surface area (Å²) in [5.41, 5.74) is 0. The van der Waals surface area contributed by atoms with Crippen LogP contribution in [0.25, 0.3) is 0 Å². The van der Waals surface area contributed by atoms with Gasteiger partial charge in [-0.05, 0) is 19.3 Å². The third-order valence-corrected chi connectivity index (χ3v) is 2.17. The van der Waals surface area contributed by atoms with Gasteiger partial charge in [-0.1, -0.05) is 20.3 Å². The topological polar surface area (TPSA) is 43.4 Å². The molecule has 0 saturated heterocycles.